The zero-order valence-electron chi connectivity index (χ0n) is 9.02. The molecule has 0 aliphatic heterocycles. The number of phenols is 1. The van der Waals surface area contributed by atoms with E-state index in [1.807, 2.05) is 0 Å². The van der Waals surface area contributed by atoms with Gasteiger partial charge in [-0.05, 0) is 31.4 Å². The molecule has 2 N–H and O–H groups in total. The fourth-order valence-corrected chi connectivity index (χ4v) is 1.85. The molecule has 2 rings (SSSR count). The van der Waals surface area contributed by atoms with Crippen LogP contribution in [-0.2, 0) is 0 Å². The van der Waals surface area contributed by atoms with Crippen LogP contribution in [0.15, 0.2) is 36.4 Å². The topological polar surface area (TPSA) is 49.3 Å². The number of nitrogens with one attached hydrogen (secondary N) is 1. The molecule has 0 saturated carbocycles. The first-order valence-corrected chi connectivity index (χ1v) is 5.51. The minimum atomic E-state index is -0.196. The molecule has 1 atom stereocenters. The van der Waals surface area contributed by atoms with E-state index >= 15 is 0 Å². The number of allylic oxidation sites excluding steroid dienone is 1. The van der Waals surface area contributed by atoms with Crippen LogP contribution < -0.4 is 5.32 Å². The van der Waals surface area contributed by atoms with E-state index in [0.717, 1.165) is 19.3 Å². The van der Waals surface area contributed by atoms with Gasteiger partial charge in [0.05, 0.1) is 5.56 Å². The van der Waals surface area contributed by atoms with Gasteiger partial charge in [-0.1, -0.05) is 24.3 Å². The van der Waals surface area contributed by atoms with Crippen molar-refractivity contribution in [1.29, 1.82) is 0 Å². The van der Waals surface area contributed by atoms with E-state index in [1.54, 1.807) is 18.2 Å². The molecule has 1 unspecified atom stereocenters. The van der Waals surface area contributed by atoms with Crippen molar-refractivity contribution in [3.8, 4) is 5.75 Å². The molecule has 0 fully saturated rings. The van der Waals surface area contributed by atoms with E-state index in [4.69, 9.17) is 0 Å². The number of benzene rings is 1. The molecule has 0 spiro atoms. The van der Waals surface area contributed by atoms with Crippen molar-refractivity contribution >= 4 is 5.91 Å². The molecule has 1 aliphatic carbocycles. The van der Waals surface area contributed by atoms with Gasteiger partial charge in [-0.3, -0.25) is 4.79 Å². The largest absolute Gasteiger partial charge is 0.507 e. The van der Waals surface area contributed by atoms with Crippen LogP contribution in [0.4, 0.5) is 0 Å². The standard InChI is InChI=1S/C13H15NO2/c15-12-9-5-4-8-11(12)13(16)14-10-6-2-1-3-7-10/h1-2,4-5,8-10,15H,3,6-7H2,(H,14,16). The number of para-hydroxylation sites is 1. The highest BCUT2D eigenvalue weighted by molar-refractivity contribution is 5.96. The second-order valence-corrected chi connectivity index (χ2v) is 3.97. The predicted molar refractivity (Wildman–Crippen MR) is 62.4 cm³/mol. The van der Waals surface area contributed by atoms with E-state index in [0.29, 0.717) is 5.56 Å². The quantitative estimate of drug-likeness (QED) is 0.746. The van der Waals surface area contributed by atoms with Gasteiger partial charge < -0.3 is 10.4 Å². The molecule has 0 aromatic heterocycles. The predicted octanol–water partition coefficient (Wildman–Crippen LogP) is 2.23. The van der Waals surface area contributed by atoms with Gasteiger partial charge in [-0.25, -0.2) is 0 Å². The number of hydrogen-bond acceptors (Lipinski definition) is 2. The first-order valence-electron chi connectivity index (χ1n) is 5.51. The average molecular weight is 217 g/mol. The lowest BCUT2D eigenvalue weighted by Gasteiger charge is -2.19. The van der Waals surface area contributed by atoms with Gasteiger partial charge in [0.15, 0.2) is 0 Å². The third kappa shape index (κ3) is 2.42. The number of aromatic hydroxyl groups is 1. The van der Waals surface area contributed by atoms with Gasteiger partial charge in [0.1, 0.15) is 5.75 Å². The normalized spacial score (nSPS) is 19.4. The van der Waals surface area contributed by atoms with Crippen molar-refractivity contribution in [3.63, 3.8) is 0 Å². The average Bonchev–Trinajstić information content (AvgIpc) is 2.31. The summed E-state index contributed by atoms with van der Waals surface area (Å²) < 4.78 is 0. The summed E-state index contributed by atoms with van der Waals surface area (Å²) in [6, 6.07) is 6.79. The van der Waals surface area contributed by atoms with Crippen LogP contribution in [0.2, 0.25) is 0 Å². The van der Waals surface area contributed by atoms with Gasteiger partial charge in [-0.2, -0.15) is 0 Å². The summed E-state index contributed by atoms with van der Waals surface area (Å²) in [5.41, 5.74) is 0.344. The lowest BCUT2D eigenvalue weighted by molar-refractivity contribution is 0.0932. The Labute approximate surface area is 94.8 Å². The van der Waals surface area contributed by atoms with Gasteiger partial charge in [0, 0.05) is 6.04 Å². The number of carbonyl (C=O) groups excluding carboxylic acids is 1. The van der Waals surface area contributed by atoms with Crippen molar-refractivity contribution < 1.29 is 9.90 Å². The fraction of sp³-hybridized carbons (Fsp3) is 0.308. The molecule has 0 radical (unpaired) electrons. The number of amides is 1. The zero-order valence-corrected chi connectivity index (χ0v) is 9.02. The molecule has 1 aromatic rings. The van der Waals surface area contributed by atoms with E-state index in [2.05, 4.69) is 17.5 Å². The van der Waals surface area contributed by atoms with Crippen molar-refractivity contribution in [1.82, 2.24) is 5.32 Å². The first kappa shape index (κ1) is 10.7. The monoisotopic (exact) mass is 217 g/mol. The van der Waals surface area contributed by atoms with Crippen molar-refractivity contribution in [2.45, 2.75) is 25.3 Å². The summed E-state index contributed by atoms with van der Waals surface area (Å²) in [7, 11) is 0. The molecule has 1 aromatic carbocycles. The van der Waals surface area contributed by atoms with Gasteiger partial charge in [0.25, 0.3) is 5.91 Å². The Morgan fingerprint density at radius 1 is 1.31 bits per heavy atom. The summed E-state index contributed by atoms with van der Waals surface area (Å²) in [6.45, 7) is 0. The fourth-order valence-electron chi connectivity index (χ4n) is 1.85. The van der Waals surface area contributed by atoms with Crippen LogP contribution >= 0.6 is 0 Å². The Bertz CT molecular complexity index is 412. The molecule has 0 bridgehead atoms. The Morgan fingerprint density at radius 2 is 2.12 bits per heavy atom. The van der Waals surface area contributed by atoms with Crippen LogP contribution in [0.5, 0.6) is 5.75 Å². The number of rotatable bonds is 2. The molecule has 0 heterocycles. The SMILES string of the molecule is O=C(NC1CC=CCC1)c1ccccc1O. The lowest BCUT2D eigenvalue weighted by atomic mass is 10.0. The van der Waals surface area contributed by atoms with E-state index in [-0.39, 0.29) is 17.7 Å². The number of hydrogen-bond donors (Lipinski definition) is 2. The van der Waals surface area contributed by atoms with Crippen LogP contribution in [-0.4, -0.2) is 17.1 Å². The van der Waals surface area contributed by atoms with Crippen LogP contribution in [0.25, 0.3) is 0 Å². The highest BCUT2D eigenvalue weighted by Gasteiger charge is 2.15. The van der Waals surface area contributed by atoms with Crippen molar-refractivity contribution in [2.75, 3.05) is 0 Å². The molecular weight excluding hydrogens is 202 g/mol. The molecule has 1 aliphatic rings. The summed E-state index contributed by atoms with van der Waals surface area (Å²) in [5.74, 6) is -0.162. The van der Waals surface area contributed by atoms with Crippen LogP contribution in [0.3, 0.4) is 0 Å². The van der Waals surface area contributed by atoms with Gasteiger partial charge in [0.2, 0.25) is 0 Å². The second kappa shape index (κ2) is 4.84. The van der Waals surface area contributed by atoms with Crippen molar-refractivity contribution in [2.24, 2.45) is 0 Å². The third-order valence-electron chi connectivity index (χ3n) is 2.75. The number of phenolic OH excluding ortho intramolecular Hbond substituents is 1. The Hall–Kier alpha value is -1.77. The minimum absolute atomic E-state index is 0.0337. The summed E-state index contributed by atoms with van der Waals surface area (Å²) >= 11 is 0. The molecule has 3 heteroatoms. The maximum Gasteiger partial charge on any atom is 0.255 e. The Kier molecular flexibility index (Phi) is 3.25. The second-order valence-electron chi connectivity index (χ2n) is 3.97. The molecular formula is C13H15NO2. The maximum atomic E-state index is 11.8. The smallest absolute Gasteiger partial charge is 0.255 e. The van der Waals surface area contributed by atoms with Gasteiger partial charge in [-0.15, -0.1) is 0 Å². The molecule has 16 heavy (non-hydrogen) atoms. The van der Waals surface area contributed by atoms with E-state index in [1.165, 1.54) is 6.07 Å². The summed E-state index contributed by atoms with van der Waals surface area (Å²) in [4.78, 5) is 11.8. The van der Waals surface area contributed by atoms with Crippen LogP contribution in [0, 0.1) is 0 Å². The molecule has 1 amide bonds. The third-order valence-corrected chi connectivity index (χ3v) is 2.75. The first-order chi connectivity index (χ1) is 7.77. The number of carbonyl (C=O) groups is 1. The van der Waals surface area contributed by atoms with Gasteiger partial charge >= 0.3 is 0 Å². The highest BCUT2D eigenvalue weighted by atomic mass is 16.3. The Morgan fingerprint density at radius 3 is 2.81 bits per heavy atom. The summed E-state index contributed by atoms with van der Waals surface area (Å²) in [6.07, 6.45) is 7.06. The van der Waals surface area contributed by atoms with Crippen molar-refractivity contribution in [3.05, 3.63) is 42.0 Å². The Balaban J connectivity index is 2.03. The highest BCUT2D eigenvalue weighted by Crippen LogP contribution is 2.17. The molecule has 3 nitrogen and oxygen atoms in total. The maximum absolute atomic E-state index is 11.8. The summed E-state index contributed by atoms with van der Waals surface area (Å²) in [5, 5.41) is 12.5. The van der Waals surface area contributed by atoms with Crippen LogP contribution in [0.1, 0.15) is 29.6 Å². The lowest BCUT2D eigenvalue weighted by Crippen LogP contribution is -2.35. The minimum Gasteiger partial charge on any atom is -0.507 e. The zero-order chi connectivity index (χ0) is 11.4. The van der Waals surface area contributed by atoms with E-state index < -0.39 is 0 Å². The molecule has 84 valence electrons. The molecule has 0 saturated heterocycles. The van der Waals surface area contributed by atoms with E-state index in [9.17, 15) is 9.90 Å².